The van der Waals surface area contributed by atoms with Gasteiger partial charge in [-0.1, -0.05) is 19.3 Å². The number of imidazole rings is 1. The summed E-state index contributed by atoms with van der Waals surface area (Å²) < 4.78 is 47.3. The lowest BCUT2D eigenvalue weighted by atomic mass is 9.89. The lowest BCUT2D eigenvalue weighted by Gasteiger charge is -2.20. The molecule has 192 valence electrons. The van der Waals surface area contributed by atoms with Crippen molar-refractivity contribution in [1.82, 2.24) is 4.57 Å². The van der Waals surface area contributed by atoms with E-state index >= 15 is 0 Å². The zero-order valence-electron chi connectivity index (χ0n) is 20.6. The van der Waals surface area contributed by atoms with E-state index in [1.165, 1.54) is 49.0 Å². The van der Waals surface area contributed by atoms with Crippen molar-refractivity contribution in [3.05, 3.63) is 48.5 Å². The van der Waals surface area contributed by atoms with Gasteiger partial charge in [0.05, 0.1) is 26.7 Å². The van der Waals surface area contributed by atoms with Gasteiger partial charge in [0.15, 0.2) is 29.5 Å². The molecule has 0 unspecified atom stereocenters. The van der Waals surface area contributed by atoms with Crippen molar-refractivity contribution >= 4 is 11.0 Å². The molecule has 0 bridgehead atoms. The number of hydrogen-bond donors (Lipinski definition) is 1. The van der Waals surface area contributed by atoms with Gasteiger partial charge in [0.25, 0.3) is 5.82 Å². The fourth-order valence-electron chi connectivity index (χ4n) is 4.89. The van der Waals surface area contributed by atoms with E-state index < -0.39 is 6.68 Å². The predicted molar refractivity (Wildman–Crippen MR) is 128 cm³/mol. The molecule has 1 saturated carbocycles. The Labute approximate surface area is 205 Å². The van der Waals surface area contributed by atoms with Gasteiger partial charge in [0.2, 0.25) is 6.20 Å². The summed E-state index contributed by atoms with van der Waals surface area (Å²) in [6.07, 6.45) is 10.7. The van der Waals surface area contributed by atoms with Crippen LogP contribution in [-0.4, -0.2) is 25.0 Å². The Balaban J connectivity index is 0.000000795. The van der Waals surface area contributed by atoms with Crippen molar-refractivity contribution in [2.45, 2.75) is 71.9 Å². The Hall–Kier alpha value is -2.81. The summed E-state index contributed by atoms with van der Waals surface area (Å²) in [6.45, 7) is 2.43. The molecule has 0 saturated heterocycles. The average molecular weight is 495 g/mol. The van der Waals surface area contributed by atoms with Crippen molar-refractivity contribution in [1.29, 1.82) is 0 Å². The van der Waals surface area contributed by atoms with E-state index in [-0.39, 0.29) is 0 Å². The molecule has 9 heteroatoms. The van der Waals surface area contributed by atoms with Crippen LogP contribution in [0.5, 0.6) is 11.5 Å². The van der Waals surface area contributed by atoms with Crippen LogP contribution in [0.4, 0.5) is 13.2 Å². The molecule has 3 aromatic rings. The number of fused-ring (bicyclic) bond motifs is 1. The highest BCUT2D eigenvalue weighted by atomic mass is 19.4. The summed E-state index contributed by atoms with van der Waals surface area (Å²) in [5.74, 6) is 3.72. The quantitative estimate of drug-likeness (QED) is 0.445. The molecule has 2 heterocycles. The molecule has 4 rings (SSSR count). The van der Waals surface area contributed by atoms with Crippen molar-refractivity contribution in [3.63, 3.8) is 0 Å². The van der Waals surface area contributed by atoms with E-state index in [1.54, 1.807) is 7.11 Å². The predicted octanol–water partition coefficient (Wildman–Crippen LogP) is 4.54. The first-order valence-corrected chi connectivity index (χ1v) is 12.3. The van der Waals surface area contributed by atoms with E-state index in [2.05, 4.69) is 38.8 Å². The number of aromatic nitrogens is 3. The van der Waals surface area contributed by atoms with E-state index in [1.807, 2.05) is 24.5 Å². The lowest BCUT2D eigenvalue weighted by molar-refractivity contribution is -0.697. The van der Waals surface area contributed by atoms with Crippen LogP contribution in [0.15, 0.2) is 42.7 Å². The van der Waals surface area contributed by atoms with Crippen LogP contribution in [0.25, 0.3) is 11.0 Å². The van der Waals surface area contributed by atoms with Gasteiger partial charge in [-0.15, -0.1) is 0 Å². The maximum Gasteiger partial charge on any atom is 0.379 e. The number of hydrogen-bond acceptors (Lipinski definition) is 3. The zero-order chi connectivity index (χ0) is 25.2. The highest BCUT2D eigenvalue weighted by Gasteiger charge is 2.26. The van der Waals surface area contributed by atoms with Gasteiger partial charge in [-0.25, -0.2) is 9.13 Å². The first-order valence-electron chi connectivity index (χ1n) is 12.3. The Morgan fingerprint density at radius 1 is 1.11 bits per heavy atom. The molecular weight excluding hydrogens is 457 g/mol. The lowest BCUT2D eigenvalue weighted by Crippen LogP contribution is -2.38. The highest BCUT2D eigenvalue weighted by Crippen LogP contribution is 2.28. The van der Waals surface area contributed by atoms with E-state index in [0.717, 1.165) is 37.1 Å². The molecule has 1 aliphatic rings. The van der Waals surface area contributed by atoms with Crippen LogP contribution in [0.2, 0.25) is 0 Å². The summed E-state index contributed by atoms with van der Waals surface area (Å²) in [6, 6.07) is 10.4. The molecule has 0 spiro atoms. The third kappa shape index (κ3) is 7.34. The first kappa shape index (κ1) is 26.8. The number of pyridine rings is 1. The molecule has 0 aliphatic heterocycles. The number of ether oxygens (including phenoxy) is 2. The maximum absolute atomic E-state index is 9.67. The van der Waals surface area contributed by atoms with Gasteiger partial charge >= 0.3 is 6.68 Å². The average Bonchev–Trinajstić information content (AvgIpc) is 3.16. The molecule has 6 nitrogen and oxygen atoms in total. The molecule has 0 amide bonds. The van der Waals surface area contributed by atoms with Crippen LogP contribution < -0.4 is 24.3 Å². The Morgan fingerprint density at radius 2 is 1.86 bits per heavy atom. The van der Waals surface area contributed by atoms with Gasteiger partial charge in [0, 0.05) is 12.1 Å². The topological polar surface area (TPSA) is 57.2 Å². The molecule has 35 heavy (non-hydrogen) atoms. The van der Waals surface area contributed by atoms with Crippen molar-refractivity contribution in [2.24, 2.45) is 11.7 Å². The second-order valence-electron chi connectivity index (χ2n) is 8.71. The normalized spacial score (nSPS) is 14.1. The molecule has 2 aromatic heterocycles. The summed E-state index contributed by atoms with van der Waals surface area (Å²) in [4.78, 5) is 0. The van der Waals surface area contributed by atoms with Gasteiger partial charge in [-0.2, -0.15) is 17.7 Å². The first-order chi connectivity index (χ1) is 17.0. The molecule has 0 radical (unpaired) electrons. The Kier molecular flexibility index (Phi) is 10.2. The number of nitrogens with zero attached hydrogens (tertiary/aromatic N) is 3. The van der Waals surface area contributed by atoms with E-state index in [4.69, 9.17) is 15.2 Å². The van der Waals surface area contributed by atoms with Crippen LogP contribution in [0.3, 0.4) is 0 Å². The molecule has 1 aliphatic carbocycles. The smallest absolute Gasteiger partial charge is 0.379 e. The minimum absolute atomic E-state index is 0.553. The van der Waals surface area contributed by atoms with Gasteiger partial charge in [-0.05, 0) is 43.9 Å². The number of halogens is 3. The van der Waals surface area contributed by atoms with Crippen molar-refractivity contribution in [2.75, 3.05) is 13.7 Å². The molecular formula is C26H37F3N4O2+2. The minimum Gasteiger partial charge on any atom is -0.491 e. The van der Waals surface area contributed by atoms with Crippen molar-refractivity contribution < 1.29 is 31.8 Å². The number of aryl methyl sites for hydroxylation is 1. The number of rotatable bonds is 9. The third-order valence-corrected chi connectivity index (χ3v) is 6.50. The highest BCUT2D eigenvalue weighted by molar-refractivity contribution is 5.74. The third-order valence-electron chi connectivity index (χ3n) is 6.50. The van der Waals surface area contributed by atoms with Gasteiger partial charge in [0.1, 0.15) is 12.4 Å². The van der Waals surface area contributed by atoms with Gasteiger partial charge in [-0.3, -0.25) is 0 Å². The largest absolute Gasteiger partial charge is 0.491 e. The standard InChI is InChI=1S/C25H36N4O2.CHF3/c1-3-28-23-12-11-21(31-15-14-27-13-7-10-22(19-27)30-2)16-24(23)29(25(28)17-26)18-20-8-5-4-6-9-20;2-1(3)4/h7,10-13,16,19-20H,3-6,8-9,14-15,17-18,26H2,1-2H3;1H/q+2;. The number of alkyl halides is 3. The summed E-state index contributed by atoms with van der Waals surface area (Å²) in [7, 11) is 1.69. The summed E-state index contributed by atoms with van der Waals surface area (Å²) in [5, 5.41) is 0. The zero-order valence-corrected chi connectivity index (χ0v) is 20.6. The number of benzene rings is 1. The SMILES string of the molecule is CC[n+]1c(CN)n(CC2CCCCC2)c2cc(OCC[n+]3cccc(OC)c3)ccc21.FC(F)F. The van der Waals surface area contributed by atoms with Crippen LogP contribution in [0.1, 0.15) is 44.9 Å². The Morgan fingerprint density at radius 3 is 2.51 bits per heavy atom. The minimum atomic E-state index is -3.67. The number of nitrogens with two attached hydrogens (primary N) is 1. The maximum atomic E-state index is 9.67. The summed E-state index contributed by atoms with van der Waals surface area (Å²) in [5.41, 5.74) is 8.70. The van der Waals surface area contributed by atoms with Crippen LogP contribution in [0, 0.1) is 5.92 Å². The van der Waals surface area contributed by atoms with Crippen LogP contribution in [-0.2, 0) is 26.2 Å². The second-order valence-corrected chi connectivity index (χ2v) is 8.71. The fraction of sp³-hybridized carbons (Fsp3) is 0.538. The Bertz CT molecular complexity index is 1070. The van der Waals surface area contributed by atoms with Crippen LogP contribution >= 0.6 is 0 Å². The van der Waals surface area contributed by atoms with E-state index in [0.29, 0.717) is 13.2 Å². The molecule has 0 atom stereocenters. The molecule has 1 aromatic carbocycles. The number of methoxy groups -OCH3 is 1. The van der Waals surface area contributed by atoms with E-state index in [9.17, 15) is 13.2 Å². The second kappa shape index (κ2) is 13.3. The van der Waals surface area contributed by atoms with Crippen molar-refractivity contribution in [3.8, 4) is 11.5 Å². The van der Waals surface area contributed by atoms with Gasteiger partial charge < -0.3 is 15.2 Å². The molecule has 2 N–H and O–H groups in total. The summed E-state index contributed by atoms with van der Waals surface area (Å²) >= 11 is 0. The fourth-order valence-corrected chi connectivity index (χ4v) is 4.89. The monoisotopic (exact) mass is 494 g/mol. The molecule has 1 fully saturated rings.